The molecule has 0 aromatic heterocycles. The van der Waals surface area contributed by atoms with Crippen LogP contribution in [0.3, 0.4) is 0 Å². The summed E-state index contributed by atoms with van der Waals surface area (Å²) in [6.45, 7) is 6.20. The second kappa shape index (κ2) is 8.21. The van der Waals surface area contributed by atoms with Gasteiger partial charge in [-0.25, -0.2) is 0 Å². The smallest absolute Gasteiger partial charge is 0.489 e. The summed E-state index contributed by atoms with van der Waals surface area (Å²) in [6.07, 6.45) is -2.86. The van der Waals surface area contributed by atoms with Crippen molar-refractivity contribution in [2.75, 3.05) is 19.7 Å². The molecule has 1 heterocycles. The van der Waals surface area contributed by atoms with Crippen molar-refractivity contribution in [2.24, 2.45) is 5.92 Å². The van der Waals surface area contributed by atoms with Gasteiger partial charge in [-0.3, -0.25) is 0 Å². The van der Waals surface area contributed by atoms with Crippen LogP contribution < -0.4 is 14.8 Å². The van der Waals surface area contributed by atoms with Gasteiger partial charge < -0.3 is 14.8 Å². The molecule has 3 rings (SSSR count). The molecular weight excluding hydrogens is 355 g/mol. The van der Waals surface area contributed by atoms with Crippen LogP contribution in [0.4, 0.5) is 13.2 Å². The van der Waals surface area contributed by atoms with E-state index >= 15 is 0 Å². The molecule has 0 spiro atoms. The summed E-state index contributed by atoms with van der Waals surface area (Å²) in [5.74, 6) is 0.157. The minimum atomic E-state index is -4.76. The average Bonchev–Trinajstić information content (AvgIpc) is 2.63. The van der Waals surface area contributed by atoms with Crippen molar-refractivity contribution >= 4 is 0 Å². The average molecular weight is 379 g/mol. The van der Waals surface area contributed by atoms with E-state index in [9.17, 15) is 13.2 Å². The summed E-state index contributed by atoms with van der Waals surface area (Å²) in [6, 6.07) is 10.5. The van der Waals surface area contributed by atoms with Crippen LogP contribution in [0.2, 0.25) is 0 Å². The van der Waals surface area contributed by atoms with Crippen LogP contribution >= 0.6 is 0 Å². The quantitative estimate of drug-likeness (QED) is 0.770. The van der Waals surface area contributed by atoms with Crippen molar-refractivity contribution in [3.8, 4) is 22.6 Å². The summed E-state index contributed by atoms with van der Waals surface area (Å²) in [7, 11) is 0. The molecule has 1 aliphatic rings. The lowest BCUT2D eigenvalue weighted by Gasteiger charge is -2.23. The number of aryl methyl sites for hydroxylation is 1. The fourth-order valence-electron chi connectivity index (χ4n) is 3.32. The van der Waals surface area contributed by atoms with E-state index in [1.54, 1.807) is 12.1 Å². The molecule has 0 aliphatic carbocycles. The zero-order valence-electron chi connectivity index (χ0n) is 15.5. The van der Waals surface area contributed by atoms with E-state index in [0.29, 0.717) is 12.5 Å². The molecule has 0 amide bonds. The van der Waals surface area contributed by atoms with E-state index in [4.69, 9.17) is 4.74 Å². The summed E-state index contributed by atoms with van der Waals surface area (Å²) in [4.78, 5) is 0. The zero-order valence-corrected chi connectivity index (χ0v) is 15.5. The van der Waals surface area contributed by atoms with Crippen molar-refractivity contribution < 1.29 is 22.6 Å². The highest BCUT2D eigenvalue weighted by Crippen LogP contribution is 2.37. The van der Waals surface area contributed by atoms with Crippen LogP contribution in [0.15, 0.2) is 36.4 Å². The minimum absolute atomic E-state index is 0.129. The Morgan fingerprint density at radius 3 is 2.48 bits per heavy atom. The number of piperidine rings is 1. The molecule has 2 aromatic carbocycles. The lowest BCUT2D eigenvalue weighted by molar-refractivity contribution is -0.275. The molecule has 1 fully saturated rings. The summed E-state index contributed by atoms with van der Waals surface area (Å²) in [5.41, 5.74) is 4.00. The Morgan fingerprint density at radius 1 is 1.04 bits per heavy atom. The molecule has 2 aromatic rings. The number of alkyl halides is 3. The maximum atomic E-state index is 12.8. The highest BCUT2D eigenvalue weighted by Gasteiger charge is 2.32. The number of hydrogen-bond donors (Lipinski definition) is 1. The van der Waals surface area contributed by atoms with E-state index in [1.165, 1.54) is 6.07 Å². The Balaban J connectivity index is 1.89. The maximum Gasteiger partial charge on any atom is 0.573 e. The lowest BCUT2D eigenvalue weighted by atomic mass is 9.97. The molecule has 1 saturated heterocycles. The van der Waals surface area contributed by atoms with Gasteiger partial charge in [-0.2, -0.15) is 0 Å². The third kappa shape index (κ3) is 5.16. The zero-order chi connectivity index (χ0) is 19.4. The Morgan fingerprint density at radius 2 is 1.78 bits per heavy atom. The van der Waals surface area contributed by atoms with Gasteiger partial charge in [0.15, 0.2) is 11.5 Å². The highest BCUT2D eigenvalue weighted by atomic mass is 19.4. The van der Waals surface area contributed by atoms with Crippen molar-refractivity contribution in [2.45, 2.75) is 33.1 Å². The van der Waals surface area contributed by atoms with Gasteiger partial charge in [0.05, 0.1) is 6.61 Å². The molecule has 27 heavy (non-hydrogen) atoms. The fraction of sp³-hybridized carbons (Fsp3) is 0.429. The molecule has 0 bridgehead atoms. The molecule has 1 N–H and O–H groups in total. The number of benzene rings is 2. The second-order valence-corrected chi connectivity index (χ2v) is 6.96. The van der Waals surface area contributed by atoms with E-state index in [1.807, 2.05) is 32.0 Å². The largest absolute Gasteiger partial charge is 0.573 e. The van der Waals surface area contributed by atoms with Gasteiger partial charge in [0.2, 0.25) is 0 Å². The third-order valence-corrected chi connectivity index (χ3v) is 5.02. The third-order valence-electron chi connectivity index (χ3n) is 5.02. The first-order valence-corrected chi connectivity index (χ1v) is 9.13. The molecule has 0 unspecified atom stereocenters. The molecular formula is C21H24F3NO2. The van der Waals surface area contributed by atoms with Crippen molar-refractivity contribution in [1.29, 1.82) is 0 Å². The predicted molar refractivity (Wildman–Crippen MR) is 99.1 cm³/mol. The molecule has 1 aliphatic heterocycles. The van der Waals surface area contributed by atoms with Gasteiger partial charge in [0.1, 0.15) is 0 Å². The number of hydrogen-bond acceptors (Lipinski definition) is 3. The first-order chi connectivity index (χ1) is 12.8. The molecule has 146 valence electrons. The Labute approximate surface area is 157 Å². The molecule has 3 nitrogen and oxygen atoms in total. The van der Waals surface area contributed by atoms with Crippen LogP contribution in [0.1, 0.15) is 24.0 Å². The van der Waals surface area contributed by atoms with E-state index in [0.717, 1.165) is 48.2 Å². The van der Waals surface area contributed by atoms with E-state index in [2.05, 4.69) is 10.1 Å². The number of ether oxygens (including phenoxy) is 2. The standard InChI is InChI=1S/C21H24F3NO2/c1-14-4-3-5-18(15(14)2)17-6-7-19(27-21(22,23)24)20(12-17)26-13-16-8-10-25-11-9-16/h3-7,12,16,25H,8-11,13H2,1-2H3. The molecule has 6 heteroatoms. The van der Waals surface area contributed by atoms with Gasteiger partial charge in [0, 0.05) is 0 Å². The summed E-state index contributed by atoms with van der Waals surface area (Å²) >= 11 is 0. The van der Waals surface area contributed by atoms with Crippen LogP contribution in [-0.4, -0.2) is 26.1 Å². The second-order valence-electron chi connectivity index (χ2n) is 6.96. The van der Waals surface area contributed by atoms with Crippen LogP contribution in [0, 0.1) is 19.8 Å². The lowest BCUT2D eigenvalue weighted by Crippen LogP contribution is -2.30. The van der Waals surface area contributed by atoms with E-state index < -0.39 is 6.36 Å². The first-order valence-electron chi connectivity index (χ1n) is 9.13. The molecule has 0 radical (unpaired) electrons. The number of halogens is 3. The van der Waals surface area contributed by atoms with Crippen molar-refractivity contribution in [3.05, 3.63) is 47.5 Å². The van der Waals surface area contributed by atoms with Crippen LogP contribution in [-0.2, 0) is 0 Å². The Hall–Kier alpha value is -2.21. The van der Waals surface area contributed by atoms with Crippen molar-refractivity contribution in [3.63, 3.8) is 0 Å². The minimum Gasteiger partial charge on any atom is -0.489 e. The van der Waals surface area contributed by atoms with Gasteiger partial charge in [0.25, 0.3) is 0 Å². The predicted octanol–water partition coefficient (Wildman–Crippen LogP) is 5.25. The monoisotopic (exact) mass is 379 g/mol. The van der Waals surface area contributed by atoms with Crippen LogP contribution in [0.25, 0.3) is 11.1 Å². The highest BCUT2D eigenvalue weighted by molar-refractivity contribution is 5.71. The van der Waals surface area contributed by atoms with Gasteiger partial charge in [-0.1, -0.05) is 24.3 Å². The first kappa shape index (κ1) is 19.5. The summed E-state index contributed by atoms with van der Waals surface area (Å²) < 4.78 is 48.3. The molecule has 0 atom stereocenters. The molecule has 0 saturated carbocycles. The Bertz CT molecular complexity index is 783. The van der Waals surface area contributed by atoms with Crippen molar-refractivity contribution in [1.82, 2.24) is 5.32 Å². The normalized spacial score (nSPS) is 15.6. The van der Waals surface area contributed by atoms with Gasteiger partial charge in [-0.15, -0.1) is 13.2 Å². The summed E-state index contributed by atoms with van der Waals surface area (Å²) in [5, 5.41) is 3.27. The number of nitrogens with one attached hydrogen (secondary N) is 1. The fourth-order valence-corrected chi connectivity index (χ4v) is 3.32. The topological polar surface area (TPSA) is 30.5 Å². The Kier molecular flexibility index (Phi) is 5.95. The van der Waals surface area contributed by atoms with E-state index in [-0.39, 0.29) is 11.5 Å². The maximum absolute atomic E-state index is 12.8. The van der Waals surface area contributed by atoms with Gasteiger partial charge in [-0.05, 0) is 80.1 Å². The van der Waals surface area contributed by atoms with Crippen LogP contribution in [0.5, 0.6) is 11.5 Å². The SMILES string of the molecule is Cc1cccc(-c2ccc(OC(F)(F)F)c(OCC3CCNCC3)c2)c1C. The van der Waals surface area contributed by atoms with Gasteiger partial charge >= 0.3 is 6.36 Å². The number of rotatable bonds is 5.